The Hall–Kier alpha value is -1.67. The quantitative estimate of drug-likeness (QED) is 0.731. The summed E-state index contributed by atoms with van der Waals surface area (Å²) < 4.78 is 16.4. The summed E-state index contributed by atoms with van der Waals surface area (Å²) in [6.45, 7) is 1.67. The van der Waals surface area contributed by atoms with Gasteiger partial charge in [-0.15, -0.1) is 0 Å². The number of ether oxygens (including phenoxy) is 3. The van der Waals surface area contributed by atoms with Crippen LogP contribution >= 0.6 is 0 Å². The molecule has 7 nitrogen and oxygen atoms in total. The monoisotopic (exact) mass is 378 g/mol. The molecule has 150 valence electrons. The van der Waals surface area contributed by atoms with Gasteiger partial charge in [0.05, 0.1) is 18.2 Å². The largest absolute Gasteiger partial charge is 0.488 e. The first-order chi connectivity index (χ1) is 13.1. The van der Waals surface area contributed by atoms with Crippen LogP contribution in [0.15, 0.2) is 30.3 Å². The molecule has 0 spiro atoms. The number of likely N-dealkylation sites (tertiary alicyclic amines) is 1. The molecule has 0 radical (unpaired) electrons. The third-order valence-corrected chi connectivity index (χ3v) is 5.51. The molecule has 1 aliphatic heterocycles. The molecule has 1 amide bonds. The molecular formula is C20H30N2O5. The van der Waals surface area contributed by atoms with Crippen molar-refractivity contribution in [3.8, 4) is 5.75 Å². The minimum absolute atomic E-state index is 0.00920. The van der Waals surface area contributed by atoms with Crippen molar-refractivity contribution >= 4 is 5.91 Å². The van der Waals surface area contributed by atoms with Gasteiger partial charge in [0, 0.05) is 33.7 Å². The van der Waals surface area contributed by atoms with E-state index in [1.54, 1.807) is 7.11 Å². The zero-order chi connectivity index (χ0) is 19.2. The summed E-state index contributed by atoms with van der Waals surface area (Å²) in [5.41, 5.74) is 0. The minimum atomic E-state index is -0.683. The Kier molecular flexibility index (Phi) is 7.07. The van der Waals surface area contributed by atoms with Crippen molar-refractivity contribution in [2.45, 2.75) is 49.7 Å². The van der Waals surface area contributed by atoms with Gasteiger partial charge in [0.2, 0.25) is 5.91 Å². The molecule has 3 rings (SSSR count). The van der Waals surface area contributed by atoms with Gasteiger partial charge in [-0.25, -0.2) is 0 Å². The minimum Gasteiger partial charge on any atom is -0.488 e. The molecule has 2 aliphatic rings. The van der Waals surface area contributed by atoms with Crippen LogP contribution in [-0.2, 0) is 14.3 Å². The number of carbonyl (C=O) groups is 1. The van der Waals surface area contributed by atoms with Gasteiger partial charge in [0.1, 0.15) is 24.6 Å². The van der Waals surface area contributed by atoms with E-state index in [1.165, 1.54) is 7.11 Å². The first-order valence-corrected chi connectivity index (χ1v) is 9.57. The Bertz CT molecular complexity index is 591. The number of nitrogens with one attached hydrogen (secondary N) is 1. The van der Waals surface area contributed by atoms with E-state index >= 15 is 0 Å². The Balaban J connectivity index is 1.71. The van der Waals surface area contributed by atoms with Crippen LogP contribution in [0.2, 0.25) is 0 Å². The second-order valence-electron chi connectivity index (χ2n) is 7.26. The molecule has 1 heterocycles. The van der Waals surface area contributed by atoms with E-state index < -0.39 is 6.10 Å². The van der Waals surface area contributed by atoms with Gasteiger partial charge >= 0.3 is 0 Å². The number of hydrogen-bond acceptors (Lipinski definition) is 6. The smallest absolute Gasteiger partial charge is 0.246 e. The molecule has 0 unspecified atom stereocenters. The first-order valence-electron chi connectivity index (χ1n) is 9.57. The molecule has 0 bridgehead atoms. The van der Waals surface area contributed by atoms with Crippen LogP contribution in [-0.4, -0.2) is 80.2 Å². The highest BCUT2D eigenvalue weighted by Crippen LogP contribution is 2.31. The summed E-state index contributed by atoms with van der Waals surface area (Å²) >= 11 is 0. The van der Waals surface area contributed by atoms with Crippen molar-refractivity contribution in [3.05, 3.63) is 30.3 Å². The van der Waals surface area contributed by atoms with Gasteiger partial charge in [-0.05, 0) is 25.0 Å². The van der Waals surface area contributed by atoms with E-state index in [0.29, 0.717) is 6.42 Å². The molecule has 27 heavy (non-hydrogen) atoms. The van der Waals surface area contributed by atoms with Gasteiger partial charge in [-0.1, -0.05) is 18.2 Å². The van der Waals surface area contributed by atoms with Gasteiger partial charge in [0.25, 0.3) is 0 Å². The molecule has 2 N–H and O–H groups in total. The lowest BCUT2D eigenvalue weighted by atomic mass is 10.0. The summed E-state index contributed by atoms with van der Waals surface area (Å²) in [6, 6.07) is 9.12. The molecule has 2 fully saturated rings. The number of nitrogens with zero attached hydrogens (tertiary/aromatic N) is 1. The summed E-state index contributed by atoms with van der Waals surface area (Å²) in [5, 5.41) is 14.0. The summed E-state index contributed by atoms with van der Waals surface area (Å²) in [5.74, 6) is 0.550. The van der Waals surface area contributed by atoms with E-state index in [1.807, 2.05) is 30.3 Å². The Morgan fingerprint density at radius 1 is 1.22 bits per heavy atom. The summed E-state index contributed by atoms with van der Waals surface area (Å²) in [4.78, 5) is 14.4. The first kappa shape index (κ1) is 20.1. The van der Waals surface area contributed by atoms with E-state index in [-0.39, 0.29) is 36.8 Å². The average Bonchev–Trinajstić information content (AvgIpc) is 2.97. The third-order valence-electron chi connectivity index (χ3n) is 5.51. The van der Waals surface area contributed by atoms with Crippen molar-refractivity contribution in [2.75, 3.05) is 33.9 Å². The molecule has 0 aromatic heterocycles. The van der Waals surface area contributed by atoms with Gasteiger partial charge in [-0.3, -0.25) is 9.69 Å². The zero-order valence-corrected chi connectivity index (χ0v) is 16.0. The number of aliphatic hydroxyl groups is 1. The standard InChI is InChI=1S/C20H30N2O5/c1-25-13-18(23)21-16-12-17(27-15-6-4-3-5-7-15)20(24)19(16)22-10-8-14(26-2)9-11-22/h3-7,14,16-17,19-20,24H,8-13H2,1-2H3,(H,21,23)/t16-,17-,19+,20+/m1/s1. The number of piperidine rings is 1. The van der Waals surface area contributed by atoms with Crippen LogP contribution in [0, 0.1) is 0 Å². The van der Waals surface area contributed by atoms with Crippen LogP contribution in [0.25, 0.3) is 0 Å². The Morgan fingerprint density at radius 2 is 1.93 bits per heavy atom. The predicted octanol–water partition coefficient (Wildman–Crippen LogP) is 0.809. The van der Waals surface area contributed by atoms with Crippen molar-refractivity contribution in [3.63, 3.8) is 0 Å². The molecule has 1 aliphatic carbocycles. The maximum atomic E-state index is 12.1. The van der Waals surface area contributed by atoms with Crippen LogP contribution in [0.4, 0.5) is 0 Å². The summed E-state index contributed by atoms with van der Waals surface area (Å²) in [7, 11) is 3.24. The van der Waals surface area contributed by atoms with Crippen molar-refractivity contribution < 1.29 is 24.1 Å². The molecular weight excluding hydrogens is 348 g/mol. The fraction of sp³-hybridized carbons (Fsp3) is 0.650. The highest BCUT2D eigenvalue weighted by atomic mass is 16.5. The van der Waals surface area contributed by atoms with Crippen LogP contribution in [0.1, 0.15) is 19.3 Å². The topological polar surface area (TPSA) is 80.3 Å². The molecule has 1 aromatic rings. The lowest BCUT2D eigenvalue weighted by Crippen LogP contribution is -2.56. The van der Waals surface area contributed by atoms with Crippen molar-refractivity contribution in [1.82, 2.24) is 10.2 Å². The normalized spacial score (nSPS) is 29.6. The van der Waals surface area contributed by atoms with Crippen molar-refractivity contribution in [1.29, 1.82) is 0 Å². The second-order valence-corrected chi connectivity index (χ2v) is 7.26. The highest BCUT2D eigenvalue weighted by Gasteiger charge is 2.47. The Labute approximate surface area is 160 Å². The van der Waals surface area contributed by atoms with Gasteiger partial charge in [-0.2, -0.15) is 0 Å². The molecule has 1 saturated heterocycles. The lowest BCUT2D eigenvalue weighted by molar-refractivity contribution is -0.126. The SMILES string of the molecule is COCC(=O)N[C@@H]1C[C@@H](Oc2ccccc2)[C@H](O)[C@H]1N1CCC(OC)CC1. The maximum Gasteiger partial charge on any atom is 0.246 e. The average molecular weight is 378 g/mol. The molecule has 1 saturated carbocycles. The van der Waals surface area contributed by atoms with Gasteiger partial charge < -0.3 is 24.6 Å². The highest BCUT2D eigenvalue weighted by molar-refractivity contribution is 5.77. The van der Waals surface area contributed by atoms with E-state index in [0.717, 1.165) is 31.7 Å². The number of rotatable bonds is 7. The van der Waals surface area contributed by atoms with Crippen LogP contribution in [0.3, 0.4) is 0 Å². The third kappa shape index (κ3) is 4.99. The molecule has 4 atom stereocenters. The van der Waals surface area contributed by atoms with E-state index in [2.05, 4.69) is 10.2 Å². The number of hydrogen-bond donors (Lipinski definition) is 2. The maximum absolute atomic E-state index is 12.1. The zero-order valence-electron chi connectivity index (χ0n) is 16.0. The number of aliphatic hydroxyl groups excluding tert-OH is 1. The predicted molar refractivity (Wildman–Crippen MR) is 101 cm³/mol. The number of methoxy groups -OCH3 is 2. The van der Waals surface area contributed by atoms with Gasteiger partial charge in [0.15, 0.2) is 0 Å². The Morgan fingerprint density at radius 3 is 2.56 bits per heavy atom. The van der Waals surface area contributed by atoms with Crippen LogP contribution < -0.4 is 10.1 Å². The number of carbonyl (C=O) groups excluding carboxylic acids is 1. The van der Waals surface area contributed by atoms with E-state index in [9.17, 15) is 9.90 Å². The fourth-order valence-corrected chi connectivity index (χ4v) is 4.18. The molecule has 7 heteroatoms. The number of amides is 1. The van der Waals surface area contributed by atoms with E-state index in [4.69, 9.17) is 14.2 Å². The lowest BCUT2D eigenvalue weighted by Gasteiger charge is -2.39. The fourth-order valence-electron chi connectivity index (χ4n) is 4.18. The molecule has 1 aromatic carbocycles. The van der Waals surface area contributed by atoms with Crippen LogP contribution in [0.5, 0.6) is 5.75 Å². The summed E-state index contributed by atoms with van der Waals surface area (Å²) in [6.07, 6.45) is 1.60. The number of para-hydroxylation sites is 1. The van der Waals surface area contributed by atoms with Crippen molar-refractivity contribution in [2.24, 2.45) is 0 Å². The number of benzene rings is 1. The second kappa shape index (κ2) is 9.50.